The average Bonchev–Trinajstić information content (AvgIpc) is 2.35. The van der Waals surface area contributed by atoms with Crippen LogP contribution in [0.15, 0.2) is 24.3 Å². The monoisotopic (exact) mass is 262 g/mol. The van der Waals surface area contributed by atoms with E-state index in [2.05, 4.69) is 45.3 Å². The molecule has 0 aliphatic heterocycles. The summed E-state index contributed by atoms with van der Waals surface area (Å²) in [6, 6.07) is 7.95. The molecule has 2 N–H and O–H groups in total. The van der Waals surface area contributed by atoms with Gasteiger partial charge in [0.25, 0.3) is 5.91 Å². The van der Waals surface area contributed by atoms with Crippen LogP contribution in [0.25, 0.3) is 0 Å². The zero-order valence-electron chi connectivity index (χ0n) is 12.7. The SMILES string of the molecule is CC(C)Nc1ccccc1C(=O)NCC(C)C(C)C. The molecule has 106 valence electrons. The first-order valence-electron chi connectivity index (χ1n) is 7.05. The first kappa shape index (κ1) is 15.5. The van der Waals surface area contributed by atoms with Gasteiger partial charge in [-0.3, -0.25) is 4.79 Å². The van der Waals surface area contributed by atoms with Gasteiger partial charge in [-0.05, 0) is 37.8 Å². The highest BCUT2D eigenvalue weighted by molar-refractivity contribution is 5.99. The Kier molecular flexibility index (Phi) is 5.87. The van der Waals surface area contributed by atoms with E-state index in [4.69, 9.17) is 0 Å². The molecule has 0 spiro atoms. The van der Waals surface area contributed by atoms with Gasteiger partial charge in [0.05, 0.1) is 5.56 Å². The fraction of sp³-hybridized carbons (Fsp3) is 0.562. The minimum absolute atomic E-state index is 0.00347. The number of rotatable bonds is 6. The molecule has 1 amide bonds. The zero-order valence-corrected chi connectivity index (χ0v) is 12.7. The quantitative estimate of drug-likeness (QED) is 0.823. The maximum atomic E-state index is 12.2. The second-order valence-corrected chi connectivity index (χ2v) is 5.78. The van der Waals surface area contributed by atoms with E-state index in [0.717, 1.165) is 5.69 Å². The van der Waals surface area contributed by atoms with Gasteiger partial charge in [-0.2, -0.15) is 0 Å². The van der Waals surface area contributed by atoms with Crippen molar-refractivity contribution >= 4 is 11.6 Å². The Balaban J connectivity index is 2.71. The third kappa shape index (κ3) is 4.93. The van der Waals surface area contributed by atoms with Crippen LogP contribution in [-0.2, 0) is 0 Å². The lowest BCUT2D eigenvalue weighted by atomic mass is 9.98. The summed E-state index contributed by atoms with van der Waals surface area (Å²) in [6.45, 7) is 11.3. The van der Waals surface area contributed by atoms with Crippen molar-refractivity contribution in [3.8, 4) is 0 Å². The van der Waals surface area contributed by atoms with Gasteiger partial charge in [-0.25, -0.2) is 0 Å². The van der Waals surface area contributed by atoms with Crippen LogP contribution in [-0.4, -0.2) is 18.5 Å². The Morgan fingerprint density at radius 3 is 2.32 bits per heavy atom. The van der Waals surface area contributed by atoms with Crippen LogP contribution in [0.1, 0.15) is 45.0 Å². The Labute approximate surface area is 116 Å². The van der Waals surface area contributed by atoms with Gasteiger partial charge in [0.2, 0.25) is 0 Å². The molecular weight excluding hydrogens is 236 g/mol. The van der Waals surface area contributed by atoms with E-state index in [-0.39, 0.29) is 5.91 Å². The van der Waals surface area contributed by atoms with Crippen molar-refractivity contribution in [1.29, 1.82) is 0 Å². The van der Waals surface area contributed by atoms with Crippen molar-refractivity contribution in [2.24, 2.45) is 11.8 Å². The highest BCUT2D eigenvalue weighted by Gasteiger charge is 2.13. The van der Waals surface area contributed by atoms with Crippen LogP contribution in [0.5, 0.6) is 0 Å². The number of anilines is 1. The maximum Gasteiger partial charge on any atom is 0.253 e. The molecule has 1 aromatic carbocycles. The molecule has 0 radical (unpaired) electrons. The summed E-state index contributed by atoms with van der Waals surface area (Å²) < 4.78 is 0. The summed E-state index contributed by atoms with van der Waals surface area (Å²) in [4.78, 5) is 12.2. The Bertz CT molecular complexity index is 413. The minimum atomic E-state index is -0.00347. The van der Waals surface area contributed by atoms with Crippen LogP contribution in [0, 0.1) is 11.8 Å². The van der Waals surface area contributed by atoms with Crippen molar-refractivity contribution in [1.82, 2.24) is 5.32 Å². The number of carbonyl (C=O) groups is 1. The predicted molar refractivity (Wildman–Crippen MR) is 81.5 cm³/mol. The molecule has 19 heavy (non-hydrogen) atoms. The lowest BCUT2D eigenvalue weighted by Gasteiger charge is -2.18. The topological polar surface area (TPSA) is 41.1 Å². The lowest BCUT2D eigenvalue weighted by Crippen LogP contribution is -2.31. The Hall–Kier alpha value is -1.51. The normalized spacial score (nSPS) is 12.6. The molecule has 0 aromatic heterocycles. The Morgan fingerprint density at radius 2 is 1.74 bits per heavy atom. The third-order valence-electron chi connectivity index (χ3n) is 3.34. The second kappa shape index (κ2) is 7.17. The number of hydrogen-bond acceptors (Lipinski definition) is 2. The molecule has 0 bridgehead atoms. The van der Waals surface area contributed by atoms with E-state index in [9.17, 15) is 4.79 Å². The van der Waals surface area contributed by atoms with Crippen LogP contribution < -0.4 is 10.6 Å². The van der Waals surface area contributed by atoms with Crippen molar-refractivity contribution in [2.75, 3.05) is 11.9 Å². The number of benzene rings is 1. The molecule has 3 heteroatoms. The third-order valence-corrected chi connectivity index (χ3v) is 3.34. The summed E-state index contributed by atoms with van der Waals surface area (Å²) in [5, 5.41) is 6.32. The number of carbonyl (C=O) groups excluding carboxylic acids is 1. The van der Waals surface area contributed by atoms with Crippen molar-refractivity contribution in [3.63, 3.8) is 0 Å². The van der Waals surface area contributed by atoms with E-state index in [1.54, 1.807) is 0 Å². The van der Waals surface area contributed by atoms with Crippen LogP contribution in [0.2, 0.25) is 0 Å². The number of para-hydroxylation sites is 1. The summed E-state index contributed by atoms with van der Waals surface area (Å²) in [5.74, 6) is 1.05. The summed E-state index contributed by atoms with van der Waals surface area (Å²) in [6.07, 6.45) is 0. The van der Waals surface area contributed by atoms with E-state index in [0.29, 0.717) is 30.0 Å². The summed E-state index contributed by atoms with van der Waals surface area (Å²) in [7, 11) is 0. The highest BCUT2D eigenvalue weighted by Crippen LogP contribution is 2.16. The van der Waals surface area contributed by atoms with Crippen LogP contribution >= 0.6 is 0 Å². The number of amides is 1. The molecule has 3 nitrogen and oxygen atoms in total. The molecule has 1 unspecified atom stereocenters. The van der Waals surface area contributed by atoms with Gasteiger partial charge >= 0.3 is 0 Å². The largest absolute Gasteiger partial charge is 0.382 e. The number of nitrogens with one attached hydrogen (secondary N) is 2. The standard InChI is InChI=1S/C16H26N2O/c1-11(2)13(5)10-17-16(19)14-8-6-7-9-15(14)18-12(3)4/h6-9,11-13,18H,10H2,1-5H3,(H,17,19). The summed E-state index contributed by atoms with van der Waals surface area (Å²) in [5.41, 5.74) is 1.61. The molecule has 0 saturated heterocycles. The fourth-order valence-corrected chi connectivity index (χ4v) is 1.70. The molecule has 0 aliphatic carbocycles. The van der Waals surface area contributed by atoms with E-state index >= 15 is 0 Å². The van der Waals surface area contributed by atoms with E-state index in [1.807, 2.05) is 24.3 Å². The molecule has 0 fully saturated rings. The highest BCUT2D eigenvalue weighted by atomic mass is 16.1. The van der Waals surface area contributed by atoms with E-state index < -0.39 is 0 Å². The van der Waals surface area contributed by atoms with E-state index in [1.165, 1.54) is 0 Å². The van der Waals surface area contributed by atoms with Crippen molar-refractivity contribution < 1.29 is 4.79 Å². The van der Waals surface area contributed by atoms with Gasteiger partial charge < -0.3 is 10.6 Å². The first-order chi connectivity index (χ1) is 8.91. The smallest absolute Gasteiger partial charge is 0.253 e. The zero-order chi connectivity index (χ0) is 14.4. The van der Waals surface area contributed by atoms with Gasteiger partial charge in [0.15, 0.2) is 0 Å². The van der Waals surface area contributed by atoms with Crippen molar-refractivity contribution in [3.05, 3.63) is 29.8 Å². The average molecular weight is 262 g/mol. The first-order valence-corrected chi connectivity index (χ1v) is 7.05. The van der Waals surface area contributed by atoms with Crippen LogP contribution in [0.3, 0.4) is 0 Å². The second-order valence-electron chi connectivity index (χ2n) is 5.78. The molecular formula is C16H26N2O. The molecule has 1 atom stereocenters. The Morgan fingerprint density at radius 1 is 1.11 bits per heavy atom. The maximum absolute atomic E-state index is 12.2. The molecule has 0 aliphatic rings. The van der Waals surface area contributed by atoms with Gasteiger partial charge in [-0.1, -0.05) is 32.9 Å². The minimum Gasteiger partial charge on any atom is -0.382 e. The molecule has 0 heterocycles. The predicted octanol–water partition coefficient (Wildman–Crippen LogP) is 3.53. The van der Waals surface area contributed by atoms with Gasteiger partial charge in [0.1, 0.15) is 0 Å². The molecule has 1 aromatic rings. The van der Waals surface area contributed by atoms with Gasteiger partial charge in [0, 0.05) is 18.3 Å². The lowest BCUT2D eigenvalue weighted by molar-refractivity contribution is 0.0945. The fourth-order valence-electron chi connectivity index (χ4n) is 1.70. The molecule has 0 saturated carbocycles. The molecule has 1 rings (SSSR count). The summed E-state index contributed by atoms with van der Waals surface area (Å²) >= 11 is 0. The number of hydrogen-bond donors (Lipinski definition) is 2. The van der Waals surface area contributed by atoms with Crippen molar-refractivity contribution in [2.45, 2.75) is 40.7 Å². The van der Waals surface area contributed by atoms with Gasteiger partial charge in [-0.15, -0.1) is 0 Å². The van der Waals surface area contributed by atoms with Crippen LogP contribution in [0.4, 0.5) is 5.69 Å².